The number of hydrogen-bond acceptors (Lipinski definition) is 4. The predicted molar refractivity (Wildman–Crippen MR) is 81.0 cm³/mol. The Kier molecular flexibility index (Phi) is 3.58. The SMILES string of the molecule is CCc1ccc(C(N)Cn2c(=O)oc3cccnc32)cc1. The third-order valence-corrected chi connectivity index (χ3v) is 3.62. The molecule has 1 unspecified atom stereocenters. The number of fused-ring (bicyclic) bond motifs is 1. The molecule has 2 N–H and O–H groups in total. The number of aryl methyl sites for hydroxylation is 1. The second-order valence-corrected chi connectivity index (χ2v) is 5.01. The van der Waals surface area contributed by atoms with E-state index in [0.717, 1.165) is 12.0 Å². The van der Waals surface area contributed by atoms with Crippen LogP contribution in [0.4, 0.5) is 0 Å². The highest BCUT2D eigenvalue weighted by Gasteiger charge is 2.14. The standard InChI is InChI=1S/C16H17N3O2/c1-2-11-5-7-12(8-6-11)13(17)10-19-15-14(21-16(19)20)4-3-9-18-15/h3-9,13H,2,10,17H2,1H3. The molecular weight excluding hydrogens is 266 g/mol. The van der Waals surface area contributed by atoms with Gasteiger partial charge in [-0.3, -0.25) is 4.57 Å². The lowest BCUT2D eigenvalue weighted by atomic mass is 10.0. The summed E-state index contributed by atoms with van der Waals surface area (Å²) in [4.78, 5) is 16.1. The molecular formula is C16H17N3O2. The van der Waals surface area contributed by atoms with E-state index in [4.69, 9.17) is 10.2 Å². The molecule has 0 saturated carbocycles. The number of rotatable bonds is 4. The van der Waals surface area contributed by atoms with Crippen molar-refractivity contribution in [2.24, 2.45) is 5.73 Å². The lowest BCUT2D eigenvalue weighted by Gasteiger charge is -2.12. The van der Waals surface area contributed by atoms with Gasteiger partial charge < -0.3 is 10.2 Å². The molecule has 21 heavy (non-hydrogen) atoms. The molecule has 2 aromatic heterocycles. The number of oxazole rings is 1. The molecule has 1 aromatic carbocycles. The van der Waals surface area contributed by atoms with Gasteiger partial charge in [-0.1, -0.05) is 31.2 Å². The smallest absolute Gasteiger partial charge is 0.406 e. The minimum atomic E-state index is -0.427. The summed E-state index contributed by atoms with van der Waals surface area (Å²) >= 11 is 0. The molecule has 0 bridgehead atoms. The van der Waals surface area contributed by atoms with Crippen LogP contribution in [-0.4, -0.2) is 9.55 Å². The fourth-order valence-corrected chi connectivity index (χ4v) is 2.36. The Bertz CT molecular complexity index is 802. The normalized spacial score (nSPS) is 12.7. The number of pyridine rings is 1. The van der Waals surface area contributed by atoms with Crippen LogP contribution in [0, 0.1) is 0 Å². The maximum Gasteiger partial charge on any atom is 0.421 e. The maximum absolute atomic E-state index is 11.9. The molecule has 3 rings (SSSR count). The first kappa shape index (κ1) is 13.6. The highest BCUT2D eigenvalue weighted by Crippen LogP contribution is 2.16. The van der Waals surface area contributed by atoms with Crippen molar-refractivity contribution in [1.29, 1.82) is 0 Å². The number of benzene rings is 1. The number of aromatic nitrogens is 2. The number of nitrogens with two attached hydrogens (primary N) is 1. The molecule has 0 amide bonds. The van der Waals surface area contributed by atoms with Gasteiger partial charge >= 0.3 is 5.76 Å². The van der Waals surface area contributed by atoms with Crippen molar-refractivity contribution < 1.29 is 4.42 Å². The largest absolute Gasteiger partial charge is 0.421 e. The van der Waals surface area contributed by atoms with E-state index >= 15 is 0 Å². The maximum atomic E-state index is 11.9. The Labute approximate surface area is 122 Å². The fraction of sp³-hybridized carbons (Fsp3) is 0.250. The van der Waals surface area contributed by atoms with Crippen LogP contribution in [0.1, 0.15) is 24.1 Å². The van der Waals surface area contributed by atoms with E-state index in [2.05, 4.69) is 24.0 Å². The van der Waals surface area contributed by atoms with E-state index in [1.54, 1.807) is 18.3 Å². The van der Waals surface area contributed by atoms with Gasteiger partial charge in [-0.2, -0.15) is 0 Å². The molecule has 0 aliphatic carbocycles. The first-order chi connectivity index (χ1) is 10.2. The summed E-state index contributed by atoms with van der Waals surface area (Å²) in [5.74, 6) is -0.427. The Hall–Kier alpha value is -2.40. The van der Waals surface area contributed by atoms with Crippen molar-refractivity contribution in [3.8, 4) is 0 Å². The molecule has 5 nitrogen and oxygen atoms in total. The molecule has 108 valence electrons. The fourth-order valence-electron chi connectivity index (χ4n) is 2.36. The Morgan fingerprint density at radius 1 is 1.29 bits per heavy atom. The lowest BCUT2D eigenvalue weighted by molar-refractivity contribution is 0.480. The minimum absolute atomic E-state index is 0.281. The van der Waals surface area contributed by atoms with Crippen LogP contribution in [0.5, 0.6) is 0 Å². The van der Waals surface area contributed by atoms with Crippen LogP contribution < -0.4 is 11.5 Å². The molecule has 3 aromatic rings. The summed E-state index contributed by atoms with van der Waals surface area (Å²) in [6.07, 6.45) is 2.63. The first-order valence-corrected chi connectivity index (χ1v) is 6.98. The van der Waals surface area contributed by atoms with Crippen LogP contribution in [0.25, 0.3) is 11.2 Å². The van der Waals surface area contributed by atoms with Gasteiger partial charge in [0.1, 0.15) is 0 Å². The van der Waals surface area contributed by atoms with E-state index in [1.807, 2.05) is 12.1 Å². The summed E-state index contributed by atoms with van der Waals surface area (Å²) in [7, 11) is 0. The molecule has 0 radical (unpaired) electrons. The zero-order valence-corrected chi connectivity index (χ0v) is 11.8. The zero-order valence-electron chi connectivity index (χ0n) is 11.8. The Balaban J connectivity index is 1.90. The lowest BCUT2D eigenvalue weighted by Crippen LogP contribution is -2.24. The molecule has 0 fully saturated rings. The van der Waals surface area contributed by atoms with Gasteiger partial charge in [-0.15, -0.1) is 0 Å². The van der Waals surface area contributed by atoms with Crippen LogP contribution in [0.15, 0.2) is 51.8 Å². The van der Waals surface area contributed by atoms with Gasteiger partial charge in [-0.05, 0) is 29.7 Å². The van der Waals surface area contributed by atoms with E-state index < -0.39 is 5.76 Å². The van der Waals surface area contributed by atoms with Gasteiger partial charge in [0.15, 0.2) is 11.2 Å². The van der Waals surface area contributed by atoms with E-state index in [1.165, 1.54) is 10.1 Å². The van der Waals surface area contributed by atoms with Crippen LogP contribution in [-0.2, 0) is 13.0 Å². The second kappa shape index (κ2) is 5.54. The Morgan fingerprint density at radius 3 is 2.76 bits per heavy atom. The average molecular weight is 283 g/mol. The number of nitrogens with zero attached hydrogens (tertiary/aromatic N) is 2. The van der Waals surface area contributed by atoms with Crippen LogP contribution in [0.3, 0.4) is 0 Å². The van der Waals surface area contributed by atoms with Crippen molar-refractivity contribution >= 4 is 11.2 Å². The monoisotopic (exact) mass is 283 g/mol. The summed E-state index contributed by atoms with van der Waals surface area (Å²) in [5.41, 5.74) is 9.47. The van der Waals surface area contributed by atoms with Crippen molar-refractivity contribution in [2.45, 2.75) is 25.9 Å². The van der Waals surface area contributed by atoms with Crippen LogP contribution in [0.2, 0.25) is 0 Å². The van der Waals surface area contributed by atoms with Crippen molar-refractivity contribution in [1.82, 2.24) is 9.55 Å². The molecule has 5 heteroatoms. The van der Waals surface area contributed by atoms with Gasteiger partial charge in [0, 0.05) is 12.2 Å². The summed E-state index contributed by atoms with van der Waals surface area (Å²) < 4.78 is 6.64. The topological polar surface area (TPSA) is 74.0 Å². The molecule has 2 heterocycles. The predicted octanol–water partition coefficient (Wildman–Crippen LogP) is 2.25. The molecule has 0 aliphatic heterocycles. The van der Waals surface area contributed by atoms with Crippen molar-refractivity contribution in [3.05, 3.63) is 64.3 Å². The number of hydrogen-bond donors (Lipinski definition) is 1. The minimum Gasteiger partial charge on any atom is -0.406 e. The summed E-state index contributed by atoms with van der Waals surface area (Å²) in [5, 5.41) is 0. The van der Waals surface area contributed by atoms with Crippen molar-refractivity contribution in [2.75, 3.05) is 0 Å². The molecule has 0 aliphatic rings. The third-order valence-electron chi connectivity index (χ3n) is 3.62. The van der Waals surface area contributed by atoms with Gasteiger partial charge in [0.05, 0.1) is 6.54 Å². The average Bonchev–Trinajstić information content (AvgIpc) is 2.83. The molecule has 0 spiro atoms. The van der Waals surface area contributed by atoms with Crippen molar-refractivity contribution in [3.63, 3.8) is 0 Å². The van der Waals surface area contributed by atoms with E-state index in [-0.39, 0.29) is 6.04 Å². The third kappa shape index (κ3) is 2.60. The summed E-state index contributed by atoms with van der Waals surface area (Å²) in [6.45, 7) is 2.45. The van der Waals surface area contributed by atoms with Gasteiger partial charge in [0.25, 0.3) is 0 Å². The quantitative estimate of drug-likeness (QED) is 0.797. The zero-order chi connectivity index (χ0) is 14.8. The first-order valence-electron chi connectivity index (χ1n) is 6.98. The van der Waals surface area contributed by atoms with E-state index in [0.29, 0.717) is 17.8 Å². The highest BCUT2D eigenvalue weighted by molar-refractivity contribution is 5.67. The van der Waals surface area contributed by atoms with E-state index in [9.17, 15) is 4.79 Å². The van der Waals surface area contributed by atoms with Crippen LogP contribution >= 0.6 is 0 Å². The Morgan fingerprint density at radius 2 is 2.05 bits per heavy atom. The molecule has 0 saturated heterocycles. The molecule has 1 atom stereocenters. The summed E-state index contributed by atoms with van der Waals surface area (Å²) in [6, 6.07) is 11.3. The second-order valence-electron chi connectivity index (χ2n) is 5.01. The van der Waals surface area contributed by atoms with Gasteiger partial charge in [-0.25, -0.2) is 9.78 Å². The van der Waals surface area contributed by atoms with Gasteiger partial charge in [0.2, 0.25) is 0 Å². The highest BCUT2D eigenvalue weighted by atomic mass is 16.4.